The third-order valence-corrected chi connectivity index (χ3v) is 6.36. The van der Waals surface area contributed by atoms with Crippen LogP contribution < -0.4 is 4.72 Å². The highest BCUT2D eigenvalue weighted by molar-refractivity contribution is 7.89. The van der Waals surface area contributed by atoms with E-state index in [1.807, 2.05) is 0 Å². The van der Waals surface area contributed by atoms with E-state index in [-0.39, 0.29) is 11.5 Å². The Morgan fingerprint density at radius 1 is 1.43 bits per heavy atom. The van der Waals surface area contributed by atoms with Crippen molar-refractivity contribution in [1.29, 1.82) is 0 Å². The standard InChI is InChI=1S/C13H22N2O4S2/c1-11-10-20-12(9-16)13(11)21(17,18)14-3-2-4-15-5-7-19-8-6-15/h10,14,16H,2-9H2,1H3. The Bertz CT molecular complexity index is 551. The van der Waals surface area contributed by atoms with Gasteiger partial charge in [-0.3, -0.25) is 4.90 Å². The highest BCUT2D eigenvalue weighted by Crippen LogP contribution is 2.26. The van der Waals surface area contributed by atoms with E-state index in [1.54, 1.807) is 12.3 Å². The first-order valence-electron chi connectivity index (χ1n) is 7.02. The van der Waals surface area contributed by atoms with Gasteiger partial charge in [0.2, 0.25) is 10.0 Å². The molecule has 2 rings (SSSR count). The molecule has 2 heterocycles. The lowest BCUT2D eigenvalue weighted by Crippen LogP contribution is -2.38. The summed E-state index contributed by atoms with van der Waals surface area (Å²) in [6.07, 6.45) is 0.761. The second kappa shape index (κ2) is 7.66. The van der Waals surface area contributed by atoms with Crippen molar-refractivity contribution >= 4 is 21.4 Å². The number of thiophene rings is 1. The van der Waals surface area contributed by atoms with Crippen LogP contribution in [0.4, 0.5) is 0 Å². The number of nitrogens with one attached hydrogen (secondary N) is 1. The summed E-state index contributed by atoms with van der Waals surface area (Å²) in [5, 5.41) is 11.0. The summed E-state index contributed by atoms with van der Waals surface area (Å²) in [6.45, 7) is 6.08. The van der Waals surface area contributed by atoms with Crippen molar-refractivity contribution < 1.29 is 18.3 Å². The number of rotatable bonds is 7. The van der Waals surface area contributed by atoms with Gasteiger partial charge >= 0.3 is 0 Å². The summed E-state index contributed by atoms with van der Waals surface area (Å²) in [7, 11) is -3.54. The van der Waals surface area contributed by atoms with Gasteiger partial charge in [-0.1, -0.05) is 0 Å². The number of aliphatic hydroxyl groups excluding tert-OH is 1. The van der Waals surface area contributed by atoms with Crippen LogP contribution in [0, 0.1) is 6.92 Å². The first kappa shape index (κ1) is 16.9. The maximum absolute atomic E-state index is 12.3. The fourth-order valence-electron chi connectivity index (χ4n) is 2.36. The molecule has 0 aliphatic carbocycles. The van der Waals surface area contributed by atoms with Crippen LogP contribution >= 0.6 is 11.3 Å². The molecular weight excluding hydrogens is 312 g/mol. The molecule has 0 saturated carbocycles. The number of aliphatic hydroxyl groups is 1. The van der Waals surface area contributed by atoms with E-state index >= 15 is 0 Å². The first-order valence-corrected chi connectivity index (χ1v) is 9.38. The van der Waals surface area contributed by atoms with Crippen molar-refractivity contribution in [3.8, 4) is 0 Å². The van der Waals surface area contributed by atoms with E-state index in [0.717, 1.165) is 39.3 Å². The fourth-order valence-corrected chi connectivity index (χ4v) is 5.10. The summed E-state index contributed by atoms with van der Waals surface area (Å²) in [4.78, 5) is 3.00. The molecule has 0 spiro atoms. The lowest BCUT2D eigenvalue weighted by molar-refractivity contribution is 0.0376. The summed E-state index contributed by atoms with van der Waals surface area (Å²) < 4.78 is 32.5. The van der Waals surface area contributed by atoms with E-state index in [9.17, 15) is 13.5 Å². The molecule has 0 unspecified atom stereocenters. The normalized spacial score (nSPS) is 17.2. The molecule has 0 bridgehead atoms. The predicted molar refractivity (Wildman–Crippen MR) is 82.0 cm³/mol. The lowest BCUT2D eigenvalue weighted by atomic mass is 10.3. The SMILES string of the molecule is Cc1csc(CO)c1S(=O)(=O)NCCCN1CCOCC1. The zero-order chi connectivity index (χ0) is 15.3. The minimum atomic E-state index is -3.54. The molecule has 1 aromatic rings. The van der Waals surface area contributed by atoms with Crippen molar-refractivity contribution in [3.63, 3.8) is 0 Å². The Morgan fingerprint density at radius 3 is 2.81 bits per heavy atom. The molecule has 0 amide bonds. The van der Waals surface area contributed by atoms with Crippen LogP contribution in [0.15, 0.2) is 10.3 Å². The van der Waals surface area contributed by atoms with Gasteiger partial charge in [0, 0.05) is 19.6 Å². The van der Waals surface area contributed by atoms with Crippen LogP contribution in [0.1, 0.15) is 16.9 Å². The van der Waals surface area contributed by atoms with Gasteiger partial charge in [-0.05, 0) is 30.8 Å². The highest BCUT2D eigenvalue weighted by Gasteiger charge is 2.22. The molecule has 0 radical (unpaired) electrons. The Kier molecular flexibility index (Phi) is 6.15. The number of aryl methyl sites for hydroxylation is 1. The highest BCUT2D eigenvalue weighted by atomic mass is 32.2. The summed E-state index contributed by atoms with van der Waals surface area (Å²) >= 11 is 1.27. The first-order chi connectivity index (χ1) is 10.0. The number of hydrogen-bond acceptors (Lipinski definition) is 6. The molecule has 2 N–H and O–H groups in total. The van der Waals surface area contributed by atoms with Crippen LogP contribution in [-0.4, -0.2) is 57.8 Å². The predicted octanol–water partition coefficient (Wildman–Crippen LogP) is 0.549. The second-order valence-electron chi connectivity index (χ2n) is 5.03. The third-order valence-electron chi connectivity index (χ3n) is 3.45. The van der Waals surface area contributed by atoms with Gasteiger partial charge in [-0.2, -0.15) is 0 Å². The van der Waals surface area contributed by atoms with E-state index in [0.29, 0.717) is 17.0 Å². The van der Waals surface area contributed by atoms with E-state index in [4.69, 9.17) is 4.74 Å². The van der Waals surface area contributed by atoms with Crippen molar-refractivity contribution in [2.24, 2.45) is 0 Å². The summed E-state index contributed by atoms with van der Waals surface area (Å²) in [5.41, 5.74) is 0.685. The molecule has 1 aliphatic rings. The molecule has 8 heteroatoms. The van der Waals surface area contributed by atoms with E-state index in [2.05, 4.69) is 9.62 Å². The van der Waals surface area contributed by atoms with E-state index < -0.39 is 10.0 Å². The number of nitrogens with zero attached hydrogens (tertiary/aromatic N) is 1. The maximum atomic E-state index is 12.3. The largest absolute Gasteiger partial charge is 0.391 e. The zero-order valence-electron chi connectivity index (χ0n) is 12.2. The molecule has 1 saturated heterocycles. The lowest BCUT2D eigenvalue weighted by Gasteiger charge is -2.26. The number of morpholine rings is 1. The van der Waals surface area contributed by atoms with Crippen LogP contribution in [0.5, 0.6) is 0 Å². The van der Waals surface area contributed by atoms with Gasteiger partial charge in [0.15, 0.2) is 0 Å². The Hall–Kier alpha value is -0.510. The quantitative estimate of drug-likeness (QED) is 0.712. The second-order valence-corrected chi connectivity index (χ2v) is 7.70. The molecular formula is C13H22N2O4S2. The number of hydrogen-bond donors (Lipinski definition) is 2. The molecule has 1 fully saturated rings. The fraction of sp³-hybridized carbons (Fsp3) is 0.692. The van der Waals surface area contributed by atoms with Crippen molar-refractivity contribution in [2.45, 2.75) is 24.8 Å². The molecule has 21 heavy (non-hydrogen) atoms. The Balaban J connectivity index is 1.85. The van der Waals surface area contributed by atoms with E-state index in [1.165, 1.54) is 11.3 Å². The van der Waals surface area contributed by atoms with Crippen LogP contribution in [0.2, 0.25) is 0 Å². The van der Waals surface area contributed by atoms with Crippen LogP contribution in [0.3, 0.4) is 0 Å². The zero-order valence-corrected chi connectivity index (χ0v) is 13.8. The van der Waals surface area contributed by atoms with Crippen molar-refractivity contribution in [1.82, 2.24) is 9.62 Å². The van der Waals surface area contributed by atoms with Gasteiger partial charge in [0.1, 0.15) is 4.90 Å². The minimum absolute atomic E-state index is 0.237. The maximum Gasteiger partial charge on any atom is 0.242 e. The molecule has 6 nitrogen and oxygen atoms in total. The van der Waals surface area contributed by atoms with Crippen LogP contribution in [0.25, 0.3) is 0 Å². The Labute approximate surface area is 129 Å². The van der Waals surface area contributed by atoms with Gasteiger partial charge in [0.05, 0.1) is 24.7 Å². The van der Waals surface area contributed by atoms with Crippen molar-refractivity contribution in [3.05, 3.63) is 15.8 Å². The monoisotopic (exact) mass is 334 g/mol. The number of ether oxygens (including phenoxy) is 1. The molecule has 1 aliphatic heterocycles. The van der Waals surface area contributed by atoms with Gasteiger partial charge in [-0.25, -0.2) is 13.1 Å². The van der Waals surface area contributed by atoms with Gasteiger partial charge in [-0.15, -0.1) is 11.3 Å². The molecule has 120 valence electrons. The topological polar surface area (TPSA) is 78.9 Å². The average Bonchev–Trinajstić information content (AvgIpc) is 2.86. The smallest absolute Gasteiger partial charge is 0.242 e. The van der Waals surface area contributed by atoms with Crippen molar-refractivity contribution in [2.75, 3.05) is 39.4 Å². The number of sulfonamides is 1. The molecule has 1 aromatic heterocycles. The van der Waals surface area contributed by atoms with Crippen LogP contribution in [-0.2, 0) is 21.4 Å². The Morgan fingerprint density at radius 2 is 2.14 bits per heavy atom. The third kappa shape index (κ3) is 4.48. The summed E-state index contributed by atoms with van der Waals surface area (Å²) in [5.74, 6) is 0. The molecule has 0 aromatic carbocycles. The van der Waals surface area contributed by atoms with Gasteiger partial charge < -0.3 is 9.84 Å². The molecule has 0 atom stereocenters. The minimum Gasteiger partial charge on any atom is -0.391 e. The average molecular weight is 334 g/mol. The summed E-state index contributed by atoms with van der Waals surface area (Å²) in [6, 6.07) is 0. The van der Waals surface area contributed by atoms with Gasteiger partial charge in [0.25, 0.3) is 0 Å².